The molecule has 1 heterocycles. The Morgan fingerprint density at radius 3 is 2.77 bits per heavy atom. The largest absolute Gasteiger partial charge is 0.361 e. The summed E-state index contributed by atoms with van der Waals surface area (Å²) in [6.07, 6.45) is 2.75. The van der Waals surface area contributed by atoms with Gasteiger partial charge in [0.05, 0.1) is 0 Å². The number of aromatic nitrogens is 1. The zero-order chi connectivity index (χ0) is 16.2. The summed E-state index contributed by atoms with van der Waals surface area (Å²) in [4.78, 5) is 7.72. The number of nitrogens with zero attached hydrogens (tertiary/aromatic N) is 1. The topological polar surface area (TPSA) is 52.2 Å². The summed E-state index contributed by atoms with van der Waals surface area (Å²) in [6.45, 7) is 9.87. The Kier molecular flexibility index (Phi) is 5.06. The lowest BCUT2D eigenvalue weighted by atomic mass is 10.1. The van der Waals surface area contributed by atoms with Crippen LogP contribution in [0.25, 0.3) is 10.9 Å². The fourth-order valence-electron chi connectivity index (χ4n) is 2.32. The molecule has 120 valence electrons. The minimum Gasteiger partial charge on any atom is -0.361 e. The minimum atomic E-state index is -0.220. The van der Waals surface area contributed by atoms with Crippen LogP contribution in [-0.2, 0) is 6.42 Å². The van der Waals surface area contributed by atoms with Crippen LogP contribution in [0.5, 0.6) is 0 Å². The van der Waals surface area contributed by atoms with Crippen LogP contribution in [0, 0.1) is 5.82 Å². The molecule has 0 fully saturated rings. The van der Waals surface area contributed by atoms with Gasteiger partial charge in [-0.3, -0.25) is 4.99 Å². The highest BCUT2D eigenvalue weighted by molar-refractivity contribution is 5.83. The maximum Gasteiger partial charge on any atom is 0.191 e. The van der Waals surface area contributed by atoms with Gasteiger partial charge in [-0.05, 0) is 57.9 Å². The Bertz CT molecular complexity index is 652. The number of hydrogen-bond donors (Lipinski definition) is 3. The van der Waals surface area contributed by atoms with Gasteiger partial charge in [-0.25, -0.2) is 4.39 Å². The highest BCUT2D eigenvalue weighted by Crippen LogP contribution is 2.19. The molecule has 0 atom stereocenters. The zero-order valence-electron chi connectivity index (χ0n) is 13.8. The summed E-state index contributed by atoms with van der Waals surface area (Å²) < 4.78 is 13.2. The van der Waals surface area contributed by atoms with Crippen molar-refractivity contribution in [1.82, 2.24) is 15.6 Å². The lowest BCUT2D eigenvalue weighted by molar-refractivity contribution is 0.501. The summed E-state index contributed by atoms with van der Waals surface area (Å²) in [6, 6.07) is 4.83. The van der Waals surface area contributed by atoms with Gasteiger partial charge in [0.1, 0.15) is 5.82 Å². The molecule has 1 aromatic heterocycles. The Labute approximate surface area is 131 Å². The number of rotatable bonds is 4. The average molecular weight is 304 g/mol. The summed E-state index contributed by atoms with van der Waals surface area (Å²) >= 11 is 0. The van der Waals surface area contributed by atoms with Gasteiger partial charge < -0.3 is 15.6 Å². The Morgan fingerprint density at radius 2 is 2.09 bits per heavy atom. The van der Waals surface area contributed by atoms with E-state index in [2.05, 4.69) is 41.4 Å². The predicted molar refractivity (Wildman–Crippen MR) is 90.8 cm³/mol. The van der Waals surface area contributed by atoms with Crippen LogP contribution >= 0.6 is 0 Å². The molecular weight excluding hydrogens is 279 g/mol. The van der Waals surface area contributed by atoms with Gasteiger partial charge in [-0.2, -0.15) is 0 Å². The number of aliphatic imine (C=N–C) groups is 1. The van der Waals surface area contributed by atoms with E-state index in [4.69, 9.17) is 0 Å². The van der Waals surface area contributed by atoms with Gasteiger partial charge in [0.15, 0.2) is 5.96 Å². The second kappa shape index (κ2) is 6.81. The van der Waals surface area contributed by atoms with Crippen LogP contribution in [-0.4, -0.2) is 29.6 Å². The second-order valence-corrected chi connectivity index (χ2v) is 6.39. The van der Waals surface area contributed by atoms with Gasteiger partial charge >= 0.3 is 0 Å². The molecule has 0 radical (unpaired) electrons. The molecule has 0 saturated carbocycles. The van der Waals surface area contributed by atoms with Crippen molar-refractivity contribution in [2.75, 3.05) is 13.1 Å². The lowest BCUT2D eigenvalue weighted by Crippen LogP contribution is -2.47. The molecule has 3 N–H and O–H groups in total. The molecular formula is C17H25FN4. The van der Waals surface area contributed by atoms with Crippen molar-refractivity contribution in [2.45, 2.75) is 39.7 Å². The van der Waals surface area contributed by atoms with Crippen LogP contribution in [0.3, 0.4) is 0 Å². The Morgan fingerprint density at radius 1 is 1.32 bits per heavy atom. The molecule has 22 heavy (non-hydrogen) atoms. The number of hydrogen-bond acceptors (Lipinski definition) is 1. The first-order chi connectivity index (χ1) is 10.4. The van der Waals surface area contributed by atoms with Gasteiger partial charge in [0.2, 0.25) is 0 Å². The van der Waals surface area contributed by atoms with Crippen LogP contribution in [0.4, 0.5) is 4.39 Å². The molecule has 0 spiro atoms. The molecule has 2 rings (SSSR count). The summed E-state index contributed by atoms with van der Waals surface area (Å²) in [5.74, 6) is 0.601. The molecule has 4 nitrogen and oxygen atoms in total. The van der Waals surface area contributed by atoms with Crippen molar-refractivity contribution in [3.8, 4) is 0 Å². The molecule has 0 amide bonds. The van der Waals surface area contributed by atoms with Gasteiger partial charge in [-0.15, -0.1) is 0 Å². The first-order valence-electron chi connectivity index (χ1n) is 7.71. The number of fused-ring (bicyclic) bond motifs is 1. The third kappa shape index (κ3) is 4.48. The normalized spacial score (nSPS) is 12.7. The molecule has 0 aliphatic rings. The number of nitrogens with one attached hydrogen (secondary N) is 3. The van der Waals surface area contributed by atoms with Crippen LogP contribution in [0.15, 0.2) is 29.4 Å². The van der Waals surface area contributed by atoms with Crippen molar-refractivity contribution >= 4 is 16.9 Å². The Hall–Kier alpha value is -2.04. The maximum absolute atomic E-state index is 13.2. The SMILES string of the molecule is CCNC(=NCCc1c[nH]c2cc(F)ccc12)NC(C)(C)C. The molecule has 0 aliphatic heterocycles. The maximum atomic E-state index is 13.2. The van der Waals surface area contributed by atoms with E-state index in [9.17, 15) is 4.39 Å². The predicted octanol–water partition coefficient (Wildman–Crippen LogP) is 3.20. The second-order valence-electron chi connectivity index (χ2n) is 6.39. The van der Waals surface area contributed by atoms with E-state index in [1.54, 1.807) is 0 Å². The molecule has 1 aromatic carbocycles. The van der Waals surface area contributed by atoms with E-state index >= 15 is 0 Å². The minimum absolute atomic E-state index is 0.0285. The summed E-state index contributed by atoms with van der Waals surface area (Å²) in [5, 5.41) is 7.67. The van der Waals surface area contributed by atoms with Crippen LogP contribution in [0.2, 0.25) is 0 Å². The lowest BCUT2D eigenvalue weighted by Gasteiger charge is -2.23. The van der Waals surface area contributed by atoms with Crippen molar-refractivity contribution in [3.05, 3.63) is 35.8 Å². The fraction of sp³-hybridized carbons (Fsp3) is 0.471. The quantitative estimate of drug-likeness (QED) is 0.600. The number of aromatic amines is 1. The highest BCUT2D eigenvalue weighted by Gasteiger charge is 2.11. The summed E-state index contributed by atoms with van der Waals surface area (Å²) in [5.41, 5.74) is 1.96. The van der Waals surface area contributed by atoms with Crippen molar-refractivity contribution in [2.24, 2.45) is 4.99 Å². The van der Waals surface area contributed by atoms with E-state index in [1.165, 1.54) is 12.1 Å². The molecule has 0 aliphatic carbocycles. The van der Waals surface area contributed by atoms with E-state index in [0.717, 1.165) is 35.4 Å². The van der Waals surface area contributed by atoms with Crippen LogP contribution in [0.1, 0.15) is 33.3 Å². The molecule has 0 bridgehead atoms. The molecule has 5 heteroatoms. The first kappa shape index (κ1) is 16.3. The first-order valence-corrected chi connectivity index (χ1v) is 7.71. The van der Waals surface area contributed by atoms with E-state index in [1.807, 2.05) is 19.2 Å². The van der Waals surface area contributed by atoms with E-state index in [0.29, 0.717) is 6.54 Å². The number of guanidine groups is 1. The average Bonchev–Trinajstić information content (AvgIpc) is 2.79. The monoisotopic (exact) mass is 304 g/mol. The van der Waals surface area contributed by atoms with Gasteiger partial charge in [-0.1, -0.05) is 0 Å². The smallest absolute Gasteiger partial charge is 0.191 e. The molecule has 0 saturated heterocycles. The number of halogens is 1. The van der Waals surface area contributed by atoms with E-state index in [-0.39, 0.29) is 11.4 Å². The number of H-pyrrole nitrogens is 1. The van der Waals surface area contributed by atoms with Crippen molar-refractivity contribution < 1.29 is 4.39 Å². The summed E-state index contributed by atoms with van der Waals surface area (Å²) in [7, 11) is 0. The third-order valence-corrected chi connectivity index (χ3v) is 3.22. The standard InChI is InChI=1S/C17H25FN4/c1-5-19-16(22-17(2,3)4)20-9-8-12-11-21-15-10-13(18)6-7-14(12)15/h6-7,10-11,21H,5,8-9H2,1-4H3,(H2,19,20,22). The third-order valence-electron chi connectivity index (χ3n) is 3.22. The van der Waals surface area contributed by atoms with Gasteiger partial charge in [0.25, 0.3) is 0 Å². The zero-order valence-corrected chi connectivity index (χ0v) is 13.8. The molecule has 0 unspecified atom stereocenters. The van der Waals surface area contributed by atoms with Crippen LogP contribution < -0.4 is 10.6 Å². The Balaban J connectivity index is 2.05. The number of benzene rings is 1. The fourth-order valence-corrected chi connectivity index (χ4v) is 2.32. The molecule has 2 aromatic rings. The van der Waals surface area contributed by atoms with Crippen molar-refractivity contribution in [3.63, 3.8) is 0 Å². The van der Waals surface area contributed by atoms with E-state index < -0.39 is 0 Å². The van der Waals surface area contributed by atoms with Gasteiger partial charge in [0, 0.05) is 35.7 Å². The van der Waals surface area contributed by atoms with Crippen molar-refractivity contribution in [1.29, 1.82) is 0 Å². The highest BCUT2D eigenvalue weighted by atomic mass is 19.1.